The van der Waals surface area contributed by atoms with E-state index in [1.165, 1.54) is 33.9 Å². The highest BCUT2D eigenvalue weighted by Crippen LogP contribution is 2.72. The summed E-state index contributed by atoms with van der Waals surface area (Å²) in [5.74, 6) is -4.29. The molecule has 1 aromatic heterocycles. The summed E-state index contributed by atoms with van der Waals surface area (Å²) >= 11 is 0. The van der Waals surface area contributed by atoms with Crippen LogP contribution >= 0.6 is 21.6 Å². The van der Waals surface area contributed by atoms with Gasteiger partial charge >= 0.3 is 5.97 Å². The number of esters is 1. The average molecular weight is 748 g/mol. The number of aliphatic hydroxyl groups excluding tert-OH is 4. The van der Waals surface area contributed by atoms with Crippen molar-refractivity contribution in [2.45, 2.75) is 72.7 Å². The van der Waals surface area contributed by atoms with Crippen LogP contribution in [0.5, 0.6) is 11.5 Å². The molecule has 11 unspecified atom stereocenters. The van der Waals surface area contributed by atoms with Crippen molar-refractivity contribution >= 4 is 38.5 Å². The fourth-order valence-corrected chi connectivity index (χ4v) is 12.7. The SMILES string of the molecule is CCOC(=O)CCc1cc2ccoc2c2c1OC13C=CC(SSCCNCCO2)C(CO)(O1)C1(O)C2C=CC4(CO)C(O)CCC2C4C3(O)C1O. The maximum Gasteiger partial charge on any atom is 0.306 e. The average Bonchev–Trinajstić information content (AvgIpc) is 3.60. The third-order valence-electron chi connectivity index (χ3n) is 12.3. The Morgan fingerprint density at radius 1 is 1.08 bits per heavy atom. The number of carbonyl (C=O) groups excluding carboxylic acids is 1. The summed E-state index contributed by atoms with van der Waals surface area (Å²) in [4.78, 5) is 12.6. The maximum absolute atomic E-state index is 13.5. The lowest BCUT2D eigenvalue weighted by Gasteiger charge is -2.76. The van der Waals surface area contributed by atoms with E-state index < -0.39 is 82.4 Å². The minimum atomic E-state index is -2.51. The molecule has 0 amide bonds. The van der Waals surface area contributed by atoms with Crippen LogP contribution in [0, 0.1) is 23.2 Å². The number of hydrogen-bond donors (Lipinski definition) is 7. The van der Waals surface area contributed by atoms with E-state index in [0.29, 0.717) is 41.8 Å². The number of aryl methyl sites for hydroxylation is 1. The molecule has 7 N–H and O–H groups in total. The van der Waals surface area contributed by atoms with Gasteiger partial charge in [0.15, 0.2) is 16.9 Å². The molecule has 3 aliphatic carbocycles. The molecule has 11 atom stereocenters. The van der Waals surface area contributed by atoms with Gasteiger partial charge in [0.05, 0.1) is 37.4 Å². The lowest BCUT2D eigenvalue weighted by atomic mass is 9.38. The van der Waals surface area contributed by atoms with E-state index >= 15 is 0 Å². The number of benzene rings is 1. The van der Waals surface area contributed by atoms with Crippen molar-refractivity contribution in [1.29, 1.82) is 0 Å². The molecule has 0 radical (unpaired) electrons. The summed E-state index contributed by atoms with van der Waals surface area (Å²) in [5, 5.41) is 76.6. The van der Waals surface area contributed by atoms with Crippen LogP contribution < -0.4 is 14.8 Å². The lowest BCUT2D eigenvalue weighted by Crippen LogP contribution is -2.93. The zero-order chi connectivity index (χ0) is 35.8. The Labute approximate surface area is 302 Å². The van der Waals surface area contributed by atoms with Gasteiger partial charge in [-0.2, -0.15) is 0 Å². The van der Waals surface area contributed by atoms with Gasteiger partial charge in [0.1, 0.15) is 23.9 Å². The fraction of sp³-hybridized carbons (Fsp3) is 0.639. The first kappa shape index (κ1) is 35.7. The van der Waals surface area contributed by atoms with Crippen molar-refractivity contribution in [3.8, 4) is 11.5 Å². The van der Waals surface area contributed by atoms with Gasteiger partial charge in [0, 0.05) is 47.9 Å². The molecule has 1 spiro atoms. The van der Waals surface area contributed by atoms with Gasteiger partial charge in [-0.1, -0.05) is 39.8 Å². The fourth-order valence-electron chi connectivity index (χ4n) is 10.0. The predicted molar refractivity (Wildman–Crippen MR) is 187 cm³/mol. The smallest absolute Gasteiger partial charge is 0.306 e. The number of fused-ring (bicyclic) bond motifs is 10. The Morgan fingerprint density at radius 2 is 1.92 bits per heavy atom. The first-order chi connectivity index (χ1) is 24.6. The maximum atomic E-state index is 13.5. The minimum absolute atomic E-state index is 0.0155. The number of aliphatic hydroxyl groups is 6. The van der Waals surface area contributed by atoms with E-state index in [9.17, 15) is 35.4 Å². The van der Waals surface area contributed by atoms with Gasteiger partial charge in [0.2, 0.25) is 5.75 Å². The third kappa shape index (κ3) is 4.76. The zero-order valence-electron chi connectivity index (χ0n) is 28.2. The van der Waals surface area contributed by atoms with E-state index in [0.717, 1.165) is 0 Å². The van der Waals surface area contributed by atoms with E-state index in [-0.39, 0.29) is 44.0 Å². The molecule has 3 aliphatic heterocycles. The van der Waals surface area contributed by atoms with Crippen molar-refractivity contribution < 1.29 is 58.8 Å². The summed E-state index contributed by atoms with van der Waals surface area (Å²) in [6.07, 6.45) is 5.81. The predicted octanol–water partition coefficient (Wildman–Crippen LogP) is 1.46. The van der Waals surface area contributed by atoms with Crippen LogP contribution in [0.4, 0.5) is 0 Å². The van der Waals surface area contributed by atoms with Crippen LogP contribution in [0.2, 0.25) is 0 Å². The standard InChI is InChI=1S/C36H45NO12S2/c1-2-45-26(41)6-3-20-17-21-9-14-46-27(21)29-28(20)48-34-11-8-25(51-50-16-13-37-12-15-47-29)33(19-39,49-34)35(43)23-7-10-32(18-38)24(40)5-4-22(23)30(32)36(34,44)31(35)42/h7-11,14,17,22-25,30-31,37-40,42-44H,2-6,12-13,15-16,18-19H2,1H3. The first-order valence-corrected chi connectivity index (χ1v) is 20.1. The Bertz CT molecular complexity index is 1740. The number of hydrogen-bond acceptors (Lipinski definition) is 15. The summed E-state index contributed by atoms with van der Waals surface area (Å²) in [6, 6.07) is 3.55. The molecule has 4 heterocycles. The molecule has 1 saturated heterocycles. The van der Waals surface area contributed by atoms with Gasteiger partial charge in [-0.05, 0) is 55.9 Å². The second kappa shape index (κ2) is 12.9. The Morgan fingerprint density at radius 3 is 2.71 bits per heavy atom. The normalized spacial score (nSPS) is 42.6. The summed E-state index contributed by atoms with van der Waals surface area (Å²) in [5.41, 5.74) is -7.26. The van der Waals surface area contributed by atoms with Crippen LogP contribution in [0.1, 0.15) is 31.7 Å². The van der Waals surface area contributed by atoms with Gasteiger partial charge < -0.3 is 59.3 Å². The van der Waals surface area contributed by atoms with Crippen LogP contribution in [0.25, 0.3) is 11.0 Å². The van der Waals surface area contributed by atoms with Crippen LogP contribution in [-0.4, -0.2) is 122 Å². The molecule has 13 nitrogen and oxygen atoms in total. The molecule has 6 aliphatic rings. The minimum Gasteiger partial charge on any atom is -0.485 e. The number of carbonyl (C=O) groups is 1. The largest absolute Gasteiger partial charge is 0.485 e. The molecule has 15 heteroatoms. The third-order valence-corrected chi connectivity index (χ3v) is 15.0. The van der Waals surface area contributed by atoms with Crippen molar-refractivity contribution in [1.82, 2.24) is 5.32 Å². The number of ether oxygens (including phenoxy) is 4. The van der Waals surface area contributed by atoms with Gasteiger partial charge in [-0.25, -0.2) is 0 Å². The zero-order valence-corrected chi connectivity index (χ0v) is 29.9. The highest BCUT2D eigenvalue weighted by atomic mass is 33.1. The number of furan rings is 1. The number of nitrogens with one attached hydrogen (secondary N) is 1. The van der Waals surface area contributed by atoms with Gasteiger partial charge in [-0.3, -0.25) is 4.79 Å². The highest BCUT2D eigenvalue weighted by Gasteiger charge is 2.87. The molecular formula is C36H45NO12S2. The Hall–Kier alpha value is -2.31. The van der Waals surface area contributed by atoms with Crippen molar-refractivity contribution in [3.63, 3.8) is 0 Å². The number of rotatable bonds is 6. The highest BCUT2D eigenvalue weighted by molar-refractivity contribution is 8.77. The summed E-state index contributed by atoms with van der Waals surface area (Å²) in [7, 11) is 2.90. The van der Waals surface area contributed by atoms with Crippen molar-refractivity contribution in [3.05, 3.63) is 48.3 Å². The van der Waals surface area contributed by atoms with Gasteiger partial charge in [-0.15, -0.1) is 0 Å². The molecule has 8 rings (SSSR count). The molecule has 2 aromatic rings. The van der Waals surface area contributed by atoms with Crippen molar-refractivity contribution in [2.24, 2.45) is 23.2 Å². The summed E-state index contributed by atoms with van der Waals surface area (Å²) in [6.45, 7) is 1.92. The topological polar surface area (TPSA) is 201 Å². The quantitative estimate of drug-likeness (QED) is 0.127. The van der Waals surface area contributed by atoms with E-state index in [2.05, 4.69) is 5.32 Å². The van der Waals surface area contributed by atoms with Crippen molar-refractivity contribution in [2.75, 3.05) is 45.3 Å². The lowest BCUT2D eigenvalue weighted by molar-refractivity contribution is -0.467. The Balaban J connectivity index is 1.39. The van der Waals surface area contributed by atoms with E-state index in [1.807, 2.05) is 0 Å². The molecule has 51 heavy (non-hydrogen) atoms. The van der Waals surface area contributed by atoms with E-state index in [4.69, 9.17) is 23.4 Å². The molecule has 1 aromatic carbocycles. The first-order valence-electron chi connectivity index (χ1n) is 17.7. The molecule has 278 valence electrons. The van der Waals surface area contributed by atoms with Crippen LogP contribution in [-0.2, 0) is 20.7 Å². The van der Waals surface area contributed by atoms with Gasteiger partial charge in [0.25, 0.3) is 5.79 Å². The Kier molecular flexibility index (Phi) is 9.05. The van der Waals surface area contributed by atoms with Crippen LogP contribution in [0.3, 0.4) is 0 Å². The molecule has 3 fully saturated rings. The molecule has 9 bridgehead atoms. The second-order valence-corrected chi connectivity index (χ2v) is 17.1. The van der Waals surface area contributed by atoms with E-state index in [1.54, 1.807) is 37.3 Å². The molecule has 2 saturated carbocycles. The second-order valence-electron chi connectivity index (χ2n) is 14.5. The monoisotopic (exact) mass is 747 g/mol. The summed E-state index contributed by atoms with van der Waals surface area (Å²) < 4.78 is 31.5. The molecular weight excluding hydrogens is 703 g/mol. The van der Waals surface area contributed by atoms with Crippen LogP contribution in [0.15, 0.2) is 47.1 Å².